The summed E-state index contributed by atoms with van der Waals surface area (Å²) < 4.78 is 5.50. The lowest BCUT2D eigenvalue weighted by Crippen LogP contribution is -2.29. The molecule has 196 valence electrons. The molecule has 8 nitrogen and oxygen atoms in total. The Kier molecular flexibility index (Phi) is 7.35. The summed E-state index contributed by atoms with van der Waals surface area (Å²) in [6.45, 7) is 8.79. The number of nitro benzene ring substituents is 1. The van der Waals surface area contributed by atoms with Crippen molar-refractivity contribution in [1.82, 2.24) is 4.90 Å². The molecule has 38 heavy (non-hydrogen) atoms. The fourth-order valence-electron chi connectivity index (χ4n) is 4.53. The Morgan fingerprint density at radius 2 is 1.68 bits per heavy atom. The van der Waals surface area contributed by atoms with Gasteiger partial charge in [0.1, 0.15) is 11.5 Å². The third-order valence-electron chi connectivity index (χ3n) is 6.55. The maximum Gasteiger partial charge on any atom is 0.295 e. The molecule has 1 saturated heterocycles. The van der Waals surface area contributed by atoms with Crippen LogP contribution in [0.15, 0.2) is 78.4 Å². The molecule has 1 heterocycles. The van der Waals surface area contributed by atoms with Crippen LogP contribution in [0.4, 0.5) is 5.69 Å². The van der Waals surface area contributed by atoms with Crippen molar-refractivity contribution in [2.45, 2.75) is 45.7 Å². The highest BCUT2D eigenvalue weighted by Crippen LogP contribution is 2.41. The predicted octanol–water partition coefficient (Wildman–Crippen LogP) is 5.91. The molecular weight excluding hydrogens is 484 g/mol. The summed E-state index contributed by atoms with van der Waals surface area (Å²) in [7, 11) is 0. The summed E-state index contributed by atoms with van der Waals surface area (Å²) in [6, 6.07) is 19.3. The van der Waals surface area contributed by atoms with Crippen LogP contribution in [0, 0.1) is 10.1 Å². The van der Waals surface area contributed by atoms with Crippen molar-refractivity contribution >= 4 is 23.1 Å². The molecule has 1 fully saturated rings. The quantitative estimate of drug-likeness (QED) is 0.138. The lowest BCUT2D eigenvalue weighted by Gasteiger charge is -2.26. The maximum absolute atomic E-state index is 13.3. The first-order chi connectivity index (χ1) is 18.0. The Morgan fingerprint density at radius 3 is 2.26 bits per heavy atom. The molecule has 8 heteroatoms. The Morgan fingerprint density at radius 1 is 1.03 bits per heavy atom. The molecule has 3 aromatic rings. The highest BCUT2D eigenvalue weighted by atomic mass is 16.6. The standard InChI is InChI=1S/C30H30N2O6/c1-5-38-24-15-9-19(10-16-24)18-31-26(20-11-13-22(14-12-20)30(2,3)4)25(28(34)29(31)35)27(33)21-7-6-8-23(17-21)32(36)37/h6-17,26,33H,5,18H2,1-4H3/b27-25-. The van der Waals surface area contributed by atoms with E-state index in [0.717, 1.165) is 11.1 Å². The van der Waals surface area contributed by atoms with Crippen molar-refractivity contribution < 1.29 is 24.4 Å². The van der Waals surface area contributed by atoms with Gasteiger partial charge in [-0.15, -0.1) is 0 Å². The largest absolute Gasteiger partial charge is 0.507 e. The fourth-order valence-corrected chi connectivity index (χ4v) is 4.53. The van der Waals surface area contributed by atoms with Gasteiger partial charge in [0.2, 0.25) is 0 Å². The second-order valence-electron chi connectivity index (χ2n) is 10.2. The first-order valence-electron chi connectivity index (χ1n) is 12.4. The maximum atomic E-state index is 13.3. The molecule has 4 rings (SSSR count). The molecular formula is C30H30N2O6. The third-order valence-corrected chi connectivity index (χ3v) is 6.55. The van der Waals surface area contributed by atoms with E-state index in [4.69, 9.17) is 4.74 Å². The van der Waals surface area contributed by atoms with Crippen LogP contribution in [0.1, 0.15) is 56.0 Å². The molecule has 0 spiro atoms. The molecule has 1 aliphatic heterocycles. The lowest BCUT2D eigenvalue weighted by atomic mass is 9.85. The number of carbonyl (C=O) groups is 2. The predicted molar refractivity (Wildman–Crippen MR) is 144 cm³/mol. The first-order valence-corrected chi connectivity index (χ1v) is 12.4. The molecule has 0 aliphatic carbocycles. The molecule has 1 N–H and O–H groups in total. The van der Waals surface area contributed by atoms with Crippen molar-refractivity contribution in [2.75, 3.05) is 6.61 Å². The van der Waals surface area contributed by atoms with Crippen LogP contribution in [-0.4, -0.2) is 33.2 Å². The van der Waals surface area contributed by atoms with Gasteiger partial charge in [0, 0.05) is 24.2 Å². The monoisotopic (exact) mass is 514 g/mol. The molecule has 3 aromatic carbocycles. The molecule has 1 atom stereocenters. The van der Waals surface area contributed by atoms with E-state index in [1.807, 2.05) is 43.3 Å². The first kappa shape index (κ1) is 26.6. The number of carbonyl (C=O) groups excluding carboxylic acids is 2. The Hall–Kier alpha value is -4.46. The van der Waals surface area contributed by atoms with Crippen LogP contribution < -0.4 is 4.74 Å². The molecule has 1 aliphatic rings. The topological polar surface area (TPSA) is 110 Å². The normalized spacial score (nSPS) is 17.1. The molecule has 0 radical (unpaired) electrons. The van der Waals surface area contributed by atoms with Crippen LogP contribution in [0.2, 0.25) is 0 Å². The fraction of sp³-hybridized carbons (Fsp3) is 0.267. The van der Waals surface area contributed by atoms with E-state index >= 15 is 0 Å². The molecule has 0 bridgehead atoms. The van der Waals surface area contributed by atoms with Gasteiger partial charge in [0.25, 0.3) is 17.4 Å². The van der Waals surface area contributed by atoms with E-state index < -0.39 is 28.4 Å². The Labute approximate surface area is 221 Å². The number of aliphatic hydroxyl groups is 1. The zero-order valence-electron chi connectivity index (χ0n) is 21.8. The van der Waals surface area contributed by atoms with Gasteiger partial charge in [-0.05, 0) is 41.2 Å². The number of rotatable bonds is 7. The number of hydrogen-bond donors (Lipinski definition) is 1. The van der Waals surface area contributed by atoms with E-state index in [9.17, 15) is 24.8 Å². The number of likely N-dealkylation sites (tertiary alicyclic amines) is 1. The van der Waals surface area contributed by atoms with Gasteiger partial charge in [-0.2, -0.15) is 0 Å². The number of ether oxygens (including phenoxy) is 1. The number of amides is 1. The van der Waals surface area contributed by atoms with Gasteiger partial charge < -0.3 is 14.7 Å². The number of Topliss-reactive ketones (excluding diaryl/α,β-unsaturated/α-hetero) is 1. The van der Waals surface area contributed by atoms with Gasteiger partial charge in [-0.25, -0.2) is 0 Å². The summed E-state index contributed by atoms with van der Waals surface area (Å²) in [6.07, 6.45) is 0. The lowest BCUT2D eigenvalue weighted by molar-refractivity contribution is -0.384. The van der Waals surface area contributed by atoms with Crippen LogP contribution in [0.5, 0.6) is 5.75 Å². The van der Waals surface area contributed by atoms with Crippen LogP contribution >= 0.6 is 0 Å². The number of non-ortho nitro benzene ring substituents is 1. The highest BCUT2D eigenvalue weighted by Gasteiger charge is 2.46. The third kappa shape index (κ3) is 5.29. The number of ketones is 1. The Balaban J connectivity index is 1.83. The zero-order chi connectivity index (χ0) is 27.6. The molecule has 0 saturated carbocycles. The van der Waals surface area contributed by atoms with Gasteiger partial charge >= 0.3 is 0 Å². The second-order valence-corrected chi connectivity index (χ2v) is 10.2. The smallest absolute Gasteiger partial charge is 0.295 e. The van der Waals surface area contributed by atoms with Gasteiger partial charge in [-0.3, -0.25) is 19.7 Å². The summed E-state index contributed by atoms with van der Waals surface area (Å²) in [5.41, 5.74) is 2.15. The van der Waals surface area contributed by atoms with E-state index in [1.165, 1.54) is 29.2 Å². The number of nitro groups is 1. The second kappa shape index (κ2) is 10.5. The SMILES string of the molecule is CCOc1ccc(CN2C(=O)C(=O)/C(=C(\O)c3cccc([N+](=O)[O-])c3)C2c2ccc(C(C)(C)C)cc2)cc1. The van der Waals surface area contributed by atoms with E-state index in [2.05, 4.69) is 20.8 Å². The van der Waals surface area contributed by atoms with E-state index in [0.29, 0.717) is 17.9 Å². The van der Waals surface area contributed by atoms with Crippen molar-refractivity contribution in [3.05, 3.63) is 111 Å². The highest BCUT2D eigenvalue weighted by molar-refractivity contribution is 6.46. The summed E-state index contributed by atoms with van der Waals surface area (Å²) in [5, 5.41) is 22.6. The number of benzene rings is 3. The minimum atomic E-state index is -0.880. The van der Waals surface area contributed by atoms with Crippen molar-refractivity contribution in [3.63, 3.8) is 0 Å². The number of aliphatic hydroxyl groups excluding tert-OH is 1. The molecule has 1 amide bonds. The summed E-state index contributed by atoms with van der Waals surface area (Å²) in [4.78, 5) is 38.8. The van der Waals surface area contributed by atoms with Gasteiger partial charge in [0.15, 0.2) is 0 Å². The van der Waals surface area contributed by atoms with Crippen molar-refractivity contribution in [3.8, 4) is 5.75 Å². The van der Waals surface area contributed by atoms with Gasteiger partial charge in [0.05, 0.1) is 23.1 Å². The average molecular weight is 515 g/mol. The zero-order valence-corrected chi connectivity index (χ0v) is 21.8. The Bertz CT molecular complexity index is 1400. The molecule has 0 aromatic heterocycles. The summed E-state index contributed by atoms with van der Waals surface area (Å²) in [5.74, 6) is -1.36. The minimum Gasteiger partial charge on any atom is -0.507 e. The number of nitrogens with zero attached hydrogens (tertiary/aromatic N) is 2. The van der Waals surface area contributed by atoms with E-state index in [1.54, 1.807) is 12.1 Å². The average Bonchev–Trinajstić information content (AvgIpc) is 3.14. The van der Waals surface area contributed by atoms with Gasteiger partial charge in [-0.1, -0.05) is 69.3 Å². The van der Waals surface area contributed by atoms with Crippen LogP contribution in [0.3, 0.4) is 0 Å². The van der Waals surface area contributed by atoms with Crippen molar-refractivity contribution in [2.24, 2.45) is 0 Å². The van der Waals surface area contributed by atoms with Crippen LogP contribution in [0.25, 0.3) is 5.76 Å². The van der Waals surface area contributed by atoms with E-state index in [-0.39, 0.29) is 28.8 Å². The van der Waals surface area contributed by atoms with Crippen molar-refractivity contribution in [1.29, 1.82) is 0 Å². The summed E-state index contributed by atoms with van der Waals surface area (Å²) >= 11 is 0. The molecule has 1 unspecified atom stereocenters. The van der Waals surface area contributed by atoms with Crippen LogP contribution in [-0.2, 0) is 21.5 Å². The minimum absolute atomic E-state index is 0.0922. The number of hydrogen-bond acceptors (Lipinski definition) is 6.